The highest BCUT2D eigenvalue weighted by molar-refractivity contribution is 7.85. The predicted octanol–water partition coefficient (Wildman–Crippen LogP) is 1.44. The van der Waals surface area contributed by atoms with E-state index in [0.717, 1.165) is 11.6 Å². The average Bonchev–Trinajstić information content (AvgIpc) is 2.68. The molecule has 0 aliphatic carbocycles. The Morgan fingerprint density at radius 3 is 2.76 bits per heavy atom. The molecule has 0 fully saturated rings. The monoisotopic (exact) mass is 256 g/mol. The van der Waals surface area contributed by atoms with Gasteiger partial charge in [0.15, 0.2) is 0 Å². The molecule has 17 heavy (non-hydrogen) atoms. The number of aliphatic hydroxyl groups excluding tert-OH is 1. The molecule has 2 rings (SSSR count). The van der Waals surface area contributed by atoms with Crippen molar-refractivity contribution in [2.75, 3.05) is 12.9 Å². The topological polar surface area (TPSA) is 76.7 Å². The normalized spacial score (nSPS) is 14.0. The molecule has 1 aromatic heterocycles. The predicted molar refractivity (Wildman–Crippen MR) is 62.0 cm³/mol. The quantitative estimate of drug-likeness (QED) is 0.838. The zero-order chi connectivity index (χ0) is 12.5. The van der Waals surface area contributed by atoms with E-state index >= 15 is 0 Å². The molecule has 5 nitrogen and oxygen atoms in total. The van der Waals surface area contributed by atoms with E-state index in [4.69, 9.17) is 4.42 Å². The number of rotatable bonds is 4. The number of furan rings is 1. The second-order valence-corrected chi connectivity index (χ2v) is 5.33. The fraction of sp³-hybridized carbons (Fsp3) is 0.273. The van der Waals surface area contributed by atoms with E-state index in [-0.39, 0.29) is 12.4 Å². The van der Waals surface area contributed by atoms with Gasteiger partial charge in [0.1, 0.15) is 17.4 Å². The lowest BCUT2D eigenvalue weighted by atomic mass is 10.2. The highest BCUT2D eigenvalue weighted by atomic mass is 32.2. The van der Waals surface area contributed by atoms with Crippen LogP contribution in [0.4, 0.5) is 0 Å². The van der Waals surface area contributed by atoms with E-state index in [0.29, 0.717) is 5.58 Å². The molecule has 1 heterocycles. The zero-order valence-electron chi connectivity index (χ0n) is 9.16. The molecular weight excluding hydrogens is 244 g/mol. The van der Waals surface area contributed by atoms with Crippen LogP contribution in [0, 0.1) is 0 Å². The molecule has 1 N–H and O–H groups in total. The van der Waals surface area contributed by atoms with Crippen molar-refractivity contribution < 1.29 is 22.1 Å². The van der Waals surface area contributed by atoms with E-state index < -0.39 is 16.2 Å². The third kappa shape index (κ3) is 3.06. The highest BCUT2D eigenvalue weighted by Gasteiger charge is 2.15. The molecule has 0 aliphatic rings. The summed E-state index contributed by atoms with van der Waals surface area (Å²) in [5, 5.41) is 10.5. The van der Waals surface area contributed by atoms with Gasteiger partial charge >= 0.3 is 0 Å². The summed E-state index contributed by atoms with van der Waals surface area (Å²) in [5.41, 5.74) is 0.640. The lowest BCUT2D eigenvalue weighted by Crippen LogP contribution is -2.11. The standard InChI is InChI=1S/C11H12O5S/c1-17(13,14)15-7-9(12)11-6-8-4-2-3-5-10(8)16-11/h2-6,9,12H,7H2,1H3/t9-/m0/s1. The van der Waals surface area contributed by atoms with Crippen molar-refractivity contribution in [2.24, 2.45) is 0 Å². The Morgan fingerprint density at radius 1 is 1.41 bits per heavy atom. The first-order valence-electron chi connectivity index (χ1n) is 4.96. The van der Waals surface area contributed by atoms with E-state index in [1.165, 1.54) is 0 Å². The molecule has 1 aromatic carbocycles. The van der Waals surface area contributed by atoms with Gasteiger partial charge < -0.3 is 9.52 Å². The molecule has 0 spiro atoms. The molecule has 0 unspecified atom stereocenters. The lowest BCUT2D eigenvalue weighted by molar-refractivity contribution is 0.0937. The van der Waals surface area contributed by atoms with Gasteiger partial charge in [-0.1, -0.05) is 18.2 Å². The Kier molecular flexibility index (Phi) is 3.19. The van der Waals surface area contributed by atoms with Crippen LogP contribution >= 0.6 is 0 Å². The largest absolute Gasteiger partial charge is 0.458 e. The van der Waals surface area contributed by atoms with Gasteiger partial charge in [-0.25, -0.2) is 0 Å². The van der Waals surface area contributed by atoms with Crippen molar-refractivity contribution in [1.29, 1.82) is 0 Å². The van der Waals surface area contributed by atoms with Gasteiger partial charge in [-0.2, -0.15) is 8.42 Å². The molecule has 2 aromatic rings. The SMILES string of the molecule is CS(=O)(=O)OC[C@H](O)c1cc2ccccc2o1. The maximum Gasteiger partial charge on any atom is 0.264 e. The van der Waals surface area contributed by atoms with Crippen molar-refractivity contribution in [3.8, 4) is 0 Å². The van der Waals surface area contributed by atoms with Crippen LogP contribution in [-0.4, -0.2) is 26.4 Å². The number of hydrogen-bond donors (Lipinski definition) is 1. The Labute approximate surface area is 98.7 Å². The molecule has 6 heteroatoms. The summed E-state index contributed by atoms with van der Waals surface area (Å²) in [6.45, 7) is -0.349. The van der Waals surface area contributed by atoms with Crippen LogP contribution in [0.25, 0.3) is 11.0 Å². The van der Waals surface area contributed by atoms with Crippen molar-refractivity contribution in [3.05, 3.63) is 36.1 Å². The molecule has 0 saturated heterocycles. The average molecular weight is 256 g/mol. The van der Waals surface area contributed by atoms with Gasteiger partial charge in [-0.3, -0.25) is 4.18 Å². The van der Waals surface area contributed by atoms with E-state index in [1.54, 1.807) is 12.1 Å². The van der Waals surface area contributed by atoms with Crippen LogP contribution in [0.15, 0.2) is 34.7 Å². The van der Waals surface area contributed by atoms with Crippen LogP contribution in [0.3, 0.4) is 0 Å². The van der Waals surface area contributed by atoms with Crippen molar-refractivity contribution in [2.45, 2.75) is 6.10 Å². The van der Waals surface area contributed by atoms with Crippen LogP contribution in [0.1, 0.15) is 11.9 Å². The fourth-order valence-corrected chi connectivity index (χ4v) is 1.81. The number of hydrogen-bond acceptors (Lipinski definition) is 5. The van der Waals surface area contributed by atoms with Crippen molar-refractivity contribution in [3.63, 3.8) is 0 Å². The van der Waals surface area contributed by atoms with E-state index in [1.807, 2.05) is 18.2 Å². The molecule has 0 saturated carbocycles. The minimum absolute atomic E-state index is 0.287. The number of aliphatic hydroxyl groups is 1. The summed E-state index contributed by atoms with van der Waals surface area (Å²) >= 11 is 0. The lowest BCUT2D eigenvalue weighted by Gasteiger charge is -2.06. The molecule has 0 radical (unpaired) electrons. The Hall–Kier alpha value is -1.37. The summed E-state index contributed by atoms with van der Waals surface area (Å²) in [5.74, 6) is 0.287. The number of benzene rings is 1. The second kappa shape index (κ2) is 4.48. The summed E-state index contributed by atoms with van der Waals surface area (Å²) in [6.07, 6.45) is -0.171. The molecule has 92 valence electrons. The van der Waals surface area contributed by atoms with Crippen LogP contribution < -0.4 is 0 Å². The fourth-order valence-electron chi connectivity index (χ4n) is 1.44. The molecule has 0 bridgehead atoms. The summed E-state index contributed by atoms with van der Waals surface area (Å²) < 4.78 is 31.4. The van der Waals surface area contributed by atoms with Crippen molar-refractivity contribution >= 4 is 21.1 Å². The minimum Gasteiger partial charge on any atom is -0.458 e. The molecule has 1 atom stereocenters. The maximum atomic E-state index is 10.8. The van der Waals surface area contributed by atoms with Gasteiger partial charge in [0, 0.05) is 5.39 Å². The Bertz CT molecular complexity index is 581. The third-order valence-electron chi connectivity index (χ3n) is 2.21. The smallest absolute Gasteiger partial charge is 0.264 e. The summed E-state index contributed by atoms with van der Waals surface area (Å²) in [6, 6.07) is 8.93. The first-order valence-corrected chi connectivity index (χ1v) is 6.78. The summed E-state index contributed by atoms with van der Waals surface area (Å²) in [7, 11) is -3.56. The van der Waals surface area contributed by atoms with Gasteiger partial charge in [0.05, 0.1) is 12.9 Å². The first kappa shape index (κ1) is 12.1. The third-order valence-corrected chi connectivity index (χ3v) is 2.78. The summed E-state index contributed by atoms with van der Waals surface area (Å²) in [4.78, 5) is 0. The minimum atomic E-state index is -3.56. The Morgan fingerprint density at radius 2 is 2.12 bits per heavy atom. The molecule has 0 amide bonds. The highest BCUT2D eigenvalue weighted by Crippen LogP contribution is 2.24. The second-order valence-electron chi connectivity index (χ2n) is 3.69. The van der Waals surface area contributed by atoms with Crippen LogP contribution in [0.2, 0.25) is 0 Å². The van der Waals surface area contributed by atoms with Gasteiger partial charge in [-0.15, -0.1) is 0 Å². The molecular formula is C11H12O5S. The van der Waals surface area contributed by atoms with Gasteiger partial charge in [0.25, 0.3) is 10.1 Å². The van der Waals surface area contributed by atoms with Gasteiger partial charge in [0.2, 0.25) is 0 Å². The maximum absolute atomic E-state index is 10.8. The first-order chi connectivity index (χ1) is 7.96. The molecule has 0 aliphatic heterocycles. The number of para-hydroxylation sites is 1. The number of fused-ring (bicyclic) bond motifs is 1. The van der Waals surface area contributed by atoms with Crippen molar-refractivity contribution in [1.82, 2.24) is 0 Å². The zero-order valence-corrected chi connectivity index (χ0v) is 9.98. The van der Waals surface area contributed by atoms with Gasteiger partial charge in [-0.05, 0) is 12.1 Å². The van der Waals surface area contributed by atoms with E-state index in [2.05, 4.69) is 4.18 Å². The van der Waals surface area contributed by atoms with Crippen LogP contribution in [-0.2, 0) is 14.3 Å². The van der Waals surface area contributed by atoms with Crippen LogP contribution in [0.5, 0.6) is 0 Å². The van der Waals surface area contributed by atoms with E-state index in [9.17, 15) is 13.5 Å². The Balaban J connectivity index is 2.16.